The molecule has 0 unspecified atom stereocenters. The lowest BCUT2D eigenvalue weighted by Crippen LogP contribution is -1.95. The van der Waals surface area contributed by atoms with Crippen molar-refractivity contribution in [2.75, 3.05) is 13.7 Å². The topological polar surface area (TPSA) is 9.23 Å². The molecule has 1 nitrogen and oxygen atoms in total. The van der Waals surface area contributed by atoms with Crippen molar-refractivity contribution in [3.63, 3.8) is 0 Å². The third kappa shape index (κ3) is 3.49. The van der Waals surface area contributed by atoms with Crippen LogP contribution in [-0.4, -0.2) is 13.7 Å². The summed E-state index contributed by atoms with van der Waals surface area (Å²) >= 11 is 3.13. The van der Waals surface area contributed by atoms with E-state index in [0.29, 0.717) is 10.1 Å². The van der Waals surface area contributed by atoms with Crippen LogP contribution in [0.2, 0.25) is 0 Å². The summed E-state index contributed by atoms with van der Waals surface area (Å²) < 4.78 is 17.9. The molecule has 0 bridgehead atoms. The van der Waals surface area contributed by atoms with Crippen LogP contribution in [0, 0.1) is 0 Å². The monoisotopic (exact) mass is 220 g/mol. The van der Waals surface area contributed by atoms with E-state index in [1.54, 1.807) is 0 Å². The van der Waals surface area contributed by atoms with Crippen molar-refractivity contribution >= 4 is 15.9 Å². The number of hydrogen-bond donors (Lipinski definition) is 0. The van der Waals surface area contributed by atoms with Crippen molar-refractivity contribution in [2.45, 2.75) is 0 Å². The minimum Gasteiger partial charge on any atom is -0.380 e. The summed E-state index contributed by atoms with van der Waals surface area (Å²) in [6, 6.07) is 0. The molecule has 0 aromatic carbocycles. The van der Waals surface area contributed by atoms with Gasteiger partial charge in [-0.1, -0.05) is 35.2 Å². The average molecular weight is 221 g/mol. The van der Waals surface area contributed by atoms with Gasteiger partial charge >= 0.3 is 0 Å². The van der Waals surface area contributed by atoms with Crippen molar-refractivity contribution in [3.8, 4) is 0 Å². The number of rotatable bonds is 4. The molecule has 0 fully saturated rings. The molecule has 0 aliphatic heterocycles. The fourth-order valence-corrected chi connectivity index (χ4v) is 0.874. The minimum absolute atomic E-state index is 0.196. The van der Waals surface area contributed by atoms with Gasteiger partial charge in [0, 0.05) is 17.2 Å². The quantitative estimate of drug-likeness (QED) is 0.663. The Hall–Kier alpha value is -0.410. The molecule has 0 rings (SSSR count). The highest BCUT2D eigenvalue weighted by molar-refractivity contribution is 9.11. The van der Waals surface area contributed by atoms with E-state index in [2.05, 4.69) is 29.1 Å². The molecular weight excluding hydrogens is 211 g/mol. The number of allylic oxidation sites excluding steroid dienone is 2. The Morgan fingerprint density at radius 1 is 1.73 bits per heavy atom. The highest BCUT2D eigenvalue weighted by Crippen LogP contribution is 2.20. The van der Waals surface area contributed by atoms with Gasteiger partial charge < -0.3 is 4.74 Å². The second-order valence-corrected chi connectivity index (χ2v) is 2.72. The maximum Gasteiger partial charge on any atom is 0.122 e. The molecule has 0 saturated heterocycles. The number of halogens is 2. The fraction of sp³-hybridized carbons (Fsp3) is 0.250. The summed E-state index contributed by atoms with van der Waals surface area (Å²) in [5.41, 5.74) is 0.391. The van der Waals surface area contributed by atoms with Gasteiger partial charge in [-0.15, -0.1) is 0 Å². The molecule has 0 spiro atoms. The molecule has 0 radical (unpaired) electrons. The second kappa shape index (κ2) is 5.27. The predicted octanol–water partition coefficient (Wildman–Crippen LogP) is 2.95. The third-order valence-corrected chi connectivity index (χ3v) is 1.89. The van der Waals surface area contributed by atoms with E-state index >= 15 is 0 Å². The highest BCUT2D eigenvalue weighted by Gasteiger charge is 2.04. The first-order valence-electron chi connectivity index (χ1n) is 2.98. The van der Waals surface area contributed by atoms with Gasteiger partial charge in [-0.25, -0.2) is 4.39 Å². The lowest BCUT2D eigenvalue weighted by molar-refractivity contribution is 0.224. The van der Waals surface area contributed by atoms with E-state index < -0.39 is 5.83 Å². The summed E-state index contributed by atoms with van der Waals surface area (Å²) in [6.45, 7) is 6.84. The molecule has 0 amide bonds. The van der Waals surface area contributed by atoms with Crippen LogP contribution in [0.15, 0.2) is 35.1 Å². The van der Waals surface area contributed by atoms with Gasteiger partial charge in [-0.2, -0.15) is 0 Å². The number of methoxy groups -OCH3 is 1. The summed E-state index contributed by atoms with van der Waals surface area (Å²) in [5.74, 6) is -0.501. The van der Waals surface area contributed by atoms with E-state index in [1.807, 2.05) is 0 Å². The molecule has 11 heavy (non-hydrogen) atoms. The van der Waals surface area contributed by atoms with Gasteiger partial charge in [-0.05, 0) is 0 Å². The first-order valence-corrected chi connectivity index (χ1v) is 3.77. The first kappa shape index (κ1) is 10.6. The van der Waals surface area contributed by atoms with Crippen molar-refractivity contribution in [1.29, 1.82) is 0 Å². The normalized spacial score (nSPS) is 12.3. The van der Waals surface area contributed by atoms with Gasteiger partial charge in [0.05, 0.1) is 6.61 Å². The SMILES string of the molecule is C=C/C(Br)=C(/COC)C(=C)F. The Bertz CT molecular complexity index is 196. The van der Waals surface area contributed by atoms with Crippen LogP contribution < -0.4 is 0 Å². The van der Waals surface area contributed by atoms with E-state index in [9.17, 15) is 4.39 Å². The number of hydrogen-bond acceptors (Lipinski definition) is 1. The van der Waals surface area contributed by atoms with Gasteiger partial charge in [-0.3, -0.25) is 0 Å². The van der Waals surface area contributed by atoms with Gasteiger partial charge in [0.15, 0.2) is 0 Å². The van der Waals surface area contributed by atoms with E-state index in [-0.39, 0.29) is 6.61 Å². The predicted molar refractivity (Wildman–Crippen MR) is 48.3 cm³/mol. The van der Waals surface area contributed by atoms with Crippen LogP contribution in [0.4, 0.5) is 4.39 Å². The maximum absolute atomic E-state index is 12.6. The molecule has 0 N–H and O–H groups in total. The molecule has 3 heteroatoms. The standard InChI is InChI=1S/C8H10BrFO/c1-4-8(9)7(5-11-3)6(2)10/h4H,1-2,5H2,3H3/b8-7+. The van der Waals surface area contributed by atoms with E-state index in [1.165, 1.54) is 13.2 Å². The molecule has 0 atom stereocenters. The van der Waals surface area contributed by atoms with Crippen LogP contribution >= 0.6 is 15.9 Å². The fourth-order valence-electron chi connectivity index (χ4n) is 0.544. The highest BCUT2D eigenvalue weighted by atomic mass is 79.9. The van der Waals surface area contributed by atoms with Gasteiger partial charge in [0.2, 0.25) is 0 Å². The smallest absolute Gasteiger partial charge is 0.122 e. The summed E-state index contributed by atoms with van der Waals surface area (Å²) in [7, 11) is 1.49. The van der Waals surface area contributed by atoms with Crippen LogP contribution in [0.5, 0.6) is 0 Å². The van der Waals surface area contributed by atoms with Crippen molar-refractivity contribution in [1.82, 2.24) is 0 Å². The van der Waals surface area contributed by atoms with Crippen molar-refractivity contribution < 1.29 is 9.13 Å². The van der Waals surface area contributed by atoms with Crippen LogP contribution in [0.1, 0.15) is 0 Å². The molecule has 0 saturated carbocycles. The minimum atomic E-state index is -0.501. The second-order valence-electron chi connectivity index (χ2n) is 1.87. The number of ether oxygens (including phenoxy) is 1. The molecule has 62 valence electrons. The zero-order valence-electron chi connectivity index (χ0n) is 6.36. The van der Waals surface area contributed by atoms with Crippen LogP contribution in [0.3, 0.4) is 0 Å². The average Bonchev–Trinajstić information content (AvgIpc) is 1.98. The molecule has 0 aliphatic carbocycles. The van der Waals surface area contributed by atoms with E-state index in [4.69, 9.17) is 4.74 Å². The molecule has 0 aromatic heterocycles. The van der Waals surface area contributed by atoms with Crippen LogP contribution in [0.25, 0.3) is 0 Å². The van der Waals surface area contributed by atoms with Gasteiger partial charge in [0.25, 0.3) is 0 Å². The zero-order chi connectivity index (χ0) is 8.85. The molecular formula is C8H10BrFO. The zero-order valence-corrected chi connectivity index (χ0v) is 7.95. The Labute approximate surface area is 74.4 Å². The third-order valence-electron chi connectivity index (χ3n) is 1.08. The summed E-state index contributed by atoms with van der Waals surface area (Å²) in [6.07, 6.45) is 1.50. The van der Waals surface area contributed by atoms with Gasteiger partial charge in [0.1, 0.15) is 5.83 Å². The Balaban J connectivity index is 4.56. The summed E-state index contributed by atoms with van der Waals surface area (Å²) in [5, 5.41) is 0. The molecule has 0 aliphatic rings. The Morgan fingerprint density at radius 3 is 2.55 bits per heavy atom. The van der Waals surface area contributed by atoms with Crippen molar-refractivity contribution in [3.05, 3.63) is 35.1 Å². The lowest BCUT2D eigenvalue weighted by atomic mass is 10.2. The Kier molecular flexibility index (Phi) is 5.07. The lowest BCUT2D eigenvalue weighted by Gasteiger charge is -2.03. The molecule has 0 aromatic rings. The largest absolute Gasteiger partial charge is 0.380 e. The molecule has 0 heterocycles. The Morgan fingerprint density at radius 2 is 2.27 bits per heavy atom. The maximum atomic E-state index is 12.6. The van der Waals surface area contributed by atoms with Crippen LogP contribution in [-0.2, 0) is 4.74 Å². The first-order chi connectivity index (χ1) is 5.13. The summed E-state index contributed by atoms with van der Waals surface area (Å²) in [4.78, 5) is 0. The van der Waals surface area contributed by atoms with Crippen molar-refractivity contribution in [2.24, 2.45) is 0 Å². The van der Waals surface area contributed by atoms with E-state index in [0.717, 1.165) is 0 Å².